The van der Waals surface area contributed by atoms with E-state index >= 15 is 0 Å². The van der Waals surface area contributed by atoms with E-state index in [4.69, 9.17) is 9.47 Å². The van der Waals surface area contributed by atoms with Crippen molar-refractivity contribution in [1.29, 1.82) is 0 Å². The quantitative estimate of drug-likeness (QED) is 0.501. The number of ether oxygens (including phenoxy) is 2. The van der Waals surface area contributed by atoms with Crippen LogP contribution in [0.4, 0.5) is 8.78 Å². The molecule has 1 unspecified atom stereocenters. The first kappa shape index (κ1) is 21.2. The molecule has 3 rings (SSSR count). The first-order valence-corrected chi connectivity index (χ1v) is 11.3. The molecule has 0 spiro atoms. The van der Waals surface area contributed by atoms with E-state index in [2.05, 4.69) is 13.8 Å². The summed E-state index contributed by atoms with van der Waals surface area (Å²) in [6.45, 7) is 6.16. The molecule has 0 amide bonds. The molecule has 2 aliphatic carbocycles. The Morgan fingerprint density at radius 1 is 0.852 bits per heavy atom. The predicted octanol–water partition coefficient (Wildman–Crippen LogP) is 6.80. The lowest BCUT2D eigenvalue weighted by Crippen LogP contribution is -2.40. The second-order valence-corrected chi connectivity index (χ2v) is 9.37. The van der Waals surface area contributed by atoms with Crippen LogP contribution in [0.1, 0.15) is 78.1 Å². The highest BCUT2D eigenvalue weighted by atomic mass is 19.3. The van der Waals surface area contributed by atoms with Gasteiger partial charge in [-0.15, -0.1) is 0 Å². The van der Waals surface area contributed by atoms with Crippen molar-refractivity contribution in [3.8, 4) is 0 Å². The van der Waals surface area contributed by atoms with E-state index in [-0.39, 0.29) is 12.2 Å². The van der Waals surface area contributed by atoms with E-state index in [0.29, 0.717) is 11.8 Å². The van der Waals surface area contributed by atoms with Crippen LogP contribution in [0.25, 0.3) is 0 Å². The maximum atomic E-state index is 12.4. The van der Waals surface area contributed by atoms with E-state index in [1.54, 1.807) is 0 Å². The Bertz CT molecular complexity index is 453. The molecule has 0 aromatic heterocycles. The minimum absolute atomic E-state index is 0.00377. The Kier molecular flexibility index (Phi) is 8.13. The van der Waals surface area contributed by atoms with Crippen LogP contribution in [0.2, 0.25) is 0 Å². The zero-order valence-electron chi connectivity index (χ0n) is 17.2. The molecule has 156 valence electrons. The van der Waals surface area contributed by atoms with Crippen molar-refractivity contribution in [2.75, 3.05) is 13.2 Å². The predicted molar refractivity (Wildman–Crippen MR) is 104 cm³/mol. The van der Waals surface area contributed by atoms with Crippen LogP contribution in [0.15, 0.2) is 12.2 Å². The molecule has 0 aromatic carbocycles. The van der Waals surface area contributed by atoms with Crippen molar-refractivity contribution in [2.45, 2.75) is 84.3 Å². The summed E-state index contributed by atoms with van der Waals surface area (Å²) in [5.74, 6) is 3.47. The smallest absolute Gasteiger partial charge is 0.266 e. The van der Waals surface area contributed by atoms with Gasteiger partial charge in [0.25, 0.3) is 6.08 Å². The second kappa shape index (κ2) is 10.3. The van der Waals surface area contributed by atoms with Gasteiger partial charge in [-0.05, 0) is 87.5 Å². The molecule has 3 aliphatic rings. The van der Waals surface area contributed by atoms with Crippen LogP contribution in [-0.2, 0) is 9.47 Å². The van der Waals surface area contributed by atoms with E-state index in [9.17, 15) is 8.78 Å². The molecule has 2 nitrogen and oxygen atoms in total. The standard InChI is InChI=1S/C23H38F2O2/c1-3-4-16(2)23-26-14-21(15-27-23)20-11-9-19(10-12-20)18-7-5-17(6-8-18)13-22(24)25/h13,16-21,23H,3-12,14-15H2,1-2H3. The molecule has 1 aliphatic heterocycles. The van der Waals surface area contributed by atoms with E-state index in [1.165, 1.54) is 38.2 Å². The van der Waals surface area contributed by atoms with Crippen LogP contribution >= 0.6 is 0 Å². The fraction of sp³-hybridized carbons (Fsp3) is 0.913. The van der Waals surface area contributed by atoms with Crippen molar-refractivity contribution in [2.24, 2.45) is 35.5 Å². The van der Waals surface area contributed by atoms with E-state index < -0.39 is 6.08 Å². The first-order chi connectivity index (χ1) is 13.1. The van der Waals surface area contributed by atoms with Gasteiger partial charge in [-0.3, -0.25) is 0 Å². The van der Waals surface area contributed by atoms with Crippen LogP contribution in [0.5, 0.6) is 0 Å². The van der Waals surface area contributed by atoms with Gasteiger partial charge in [0.1, 0.15) is 0 Å². The summed E-state index contributed by atoms with van der Waals surface area (Å²) in [4.78, 5) is 0. The fourth-order valence-electron chi connectivity index (χ4n) is 5.77. The highest BCUT2D eigenvalue weighted by Gasteiger charge is 2.36. The summed E-state index contributed by atoms with van der Waals surface area (Å²) >= 11 is 0. The van der Waals surface area contributed by atoms with Crippen molar-refractivity contribution in [3.63, 3.8) is 0 Å². The van der Waals surface area contributed by atoms with Gasteiger partial charge in [0.05, 0.1) is 13.2 Å². The van der Waals surface area contributed by atoms with Gasteiger partial charge in [0, 0.05) is 11.8 Å². The van der Waals surface area contributed by atoms with Gasteiger partial charge in [0.15, 0.2) is 6.29 Å². The lowest BCUT2D eigenvalue weighted by molar-refractivity contribution is -0.231. The van der Waals surface area contributed by atoms with E-state index in [1.807, 2.05) is 0 Å². The Hall–Kier alpha value is -0.480. The Morgan fingerprint density at radius 3 is 1.81 bits per heavy atom. The van der Waals surface area contributed by atoms with Crippen LogP contribution < -0.4 is 0 Å². The summed E-state index contributed by atoms with van der Waals surface area (Å²) in [7, 11) is 0. The number of hydrogen-bond acceptors (Lipinski definition) is 2. The molecule has 1 saturated heterocycles. The molecule has 1 heterocycles. The number of allylic oxidation sites excluding steroid dienone is 1. The average molecular weight is 385 g/mol. The zero-order valence-corrected chi connectivity index (χ0v) is 17.2. The van der Waals surface area contributed by atoms with Gasteiger partial charge < -0.3 is 9.47 Å². The highest BCUT2D eigenvalue weighted by molar-refractivity contribution is 4.92. The van der Waals surface area contributed by atoms with Gasteiger partial charge >= 0.3 is 0 Å². The van der Waals surface area contributed by atoms with Crippen molar-refractivity contribution in [1.82, 2.24) is 0 Å². The summed E-state index contributed by atoms with van der Waals surface area (Å²) in [5.41, 5.74) is 0. The Balaban J connectivity index is 1.37. The Morgan fingerprint density at radius 2 is 1.33 bits per heavy atom. The molecule has 3 fully saturated rings. The molecular formula is C23H38F2O2. The van der Waals surface area contributed by atoms with Crippen molar-refractivity contribution in [3.05, 3.63) is 12.2 Å². The van der Waals surface area contributed by atoms with Crippen LogP contribution in [0.3, 0.4) is 0 Å². The molecule has 4 heteroatoms. The van der Waals surface area contributed by atoms with Gasteiger partial charge in [-0.25, -0.2) is 0 Å². The van der Waals surface area contributed by atoms with Gasteiger partial charge in [-0.1, -0.05) is 20.3 Å². The first-order valence-electron chi connectivity index (χ1n) is 11.3. The number of rotatable bonds is 6. The maximum Gasteiger partial charge on any atom is 0.266 e. The highest BCUT2D eigenvalue weighted by Crippen LogP contribution is 2.44. The molecule has 0 N–H and O–H groups in total. The van der Waals surface area contributed by atoms with E-state index in [0.717, 1.165) is 63.1 Å². The molecule has 0 bridgehead atoms. The Labute approximate surface area is 164 Å². The molecule has 0 radical (unpaired) electrons. The maximum absolute atomic E-state index is 12.4. The largest absolute Gasteiger partial charge is 0.352 e. The number of halogens is 2. The molecule has 27 heavy (non-hydrogen) atoms. The third-order valence-electron chi connectivity index (χ3n) is 7.49. The average Bonchev–Trinajstić information content (AvgIpc) is 2.69. The third kappa shape index (κ3) is 6.00. The lowest BCUT2D eigenvalue weighted by Gasteiger charge is -2.41. The van der Waals surface area contributed by atoms with Crippen LogP contribution in [-0.4, -0.2) is 19.5 Å². The summed E-state index contributed by atoms with van der Waals surface area (Å²) in [6, 6.07) is 0. The second-order valence-electron chi connectivity index (χ2n) is 9.37. The summed E-state index contributed by atoms with van der Waals surface area (Å²) in [5, 5.41) is 0. The normalized spacial score (nSPS) is 39.0. The molecule has 1 atom stereocenters. The minimum Gasteiger partial charge on any atom is -0.352 e. The lowest BCUT2D eigenvalue weighted by atomic mass is 9.67. The van der Waals surface area contributed by atoms with Crippen LogP contribution in [0, 0.1) is 35.5 Å². The monoisotopic (exact) mass is 384 g/mol. The third-order valence-corrected chi connectivity index (χ3v) is 7.49. The fourth-order valence-corrected chi connectivity index (χ4v) is 5.77. The van der Waals surface area contributed by atoms with Crippen molar-refractivity contribution >= 4 is 0 Å². The van der Waals surface area contributed by atoms with Crippen molar-refractivity contribution < 1.29 is 18.3 Å². The summed E-state index contributed by atoms with van der Waals surface area (Å²) in [6.07, 6.45) is 11.4. The van der Waals surface area contributed by atoms with Gasteiger partial charge in [-0.2, -0.15) is 8.78 Å². The minimum atomic E-state index is -1.50. The topological polar surface area (TPSA) is 18.5 Å². The molecule has 0 aromatic rings. The molecule has 2 saturated carbocycles. The molecular weight excluding hydrogens is 346 g/mol. The summed E-state index contributed by atoms with van der Waals surface area (Å²) < 4.78 is 37.0. The number of hydrogen-bond donors (Lipinski definition) is 0. The zero-order chi connectivity index (χ0) is 19.2. The van der Waals surface area contributed by atoms with Gasteiger partial charge in [0.2, 0.25) is 0 Å². The SMILES string of the molecule is CCCC(C)C1OCC(C2CCC(C3CCC(C=C(F)F)CC3)CC2)CO1.